The number of phosphoric acid groups is 1. The Morgan fingerprint density at radius 3 is 2.44 bits per heavy atom. The Hall–Kier alpha value is -1.21. The standard InChI is InChI=1S/C16H22ClN3.H3O4P/c1-3-20(4-2)11-5-9-18-15-8-10-19-16-12-13(17)6-7-14(15)16;1-5(2,3)4/h6-8,10,12H,3-5,9,11H2,1-2H3,(H,18,19);(H3,1,2,3,4). The molecule has 2 aromatic rings. The highest BCUT2D eigenvalue weighted by atomic mass is 35.5. The molecule has 25 heavy (non-hydrogen) atoms. The molecule has 0 saturated carbocycles. The first kappa shape index (κ1) is 21.8. The van der Waals surface area contributed by atoms with Crippen molar-refractivity contribution in [2.24, 2.45) is 0 Å². The van der Waals surface area contributed by atoms with Crippen molar-refractivity contribution in [3.05, 3.63) is 35.5 Å². The first-order chi connectivity index (χ1) is 11.7. The zero-order valence-corrected chi connectivity index (χ0v) is 16.0. The summed E-state index contributed by atoms with van der Waals surface area (Å²) in [6, 6.07) is 7.86. The van der Waals surface area contributed by atoms with E-state index < -0.39 is 7.82 Å². The number of halogens is 1. The van der Waals surface area contributed by atoms with Crippen molar-refractivity contribution in [2.75, 3.05) is 31.5 Å². The van der Waals surface area contributed by atoms with E-state index in [0.29, 0.717) is 0 Å². The van der Waals surface area contributed by atoms with Crippen LogP contribution in [0, 0.1) is 0 Å². The van der Waals surface area contributed by atoms with Crippen LogP contribution >= 0.6 is 19.4 Å². The molecule has 9 heteroatoms. The number of nitrogens with one attached hydrogen (secondary N) is 1. The molecule has 0 unspecified atom stereocenters. The number of rotatable bonds is 7. The summed E-state index contributed by atoms with van der Waals surface area (Å²) in [7, 11) is -4.64. The monoisotopic (exact) mass is 389 g/mol. The van der Waals surface area contributed by atoms with Gasteiger partial charge in [-0.2, -0.15) is 0 Å². The quantitative estimate of drug-likeness (QED) is 0.426. The zero-order valence-electron chi connectivity index (χ0n) is 14.4. The Labute approximate surface area is 152 Å². The van der Waals surface area contributed by atoms with E-state index >= 15 is 0 Å². The van der Waals surface area contributed by atoms with E-state index in [4.69, 9.17) is 30.8 Å². The van der Waals surface area contributed by atoms with Gasteiger partial charge in [0.15, 0.2) is 0 Å². The molecular weight excluding hydrogens is 365 g/mol. The lowest BCUT2D eigenvalue weighted by Gasteiger charge is -2.18. The van der Waals surface area contributed by atoms with Crippen molar-refractivity contribution in [1.82, 2.24) is 9.88 Å². The van der Waals surface area contributed by atoms with Gasteiger partial charge in [0.1, 0.15) is 0 Å². The van der Waals surface area contributed by atoms with Crippen molar-refractivity contribution < 1.29 is 19.2 Å². The summed E-state index contributed by atoms with van der Waals surface area (Å²) in [6.07, 6.45) is 2.96. The van der Waals surface area contributed by atoms with Crippen LogP contribution in [-0.2, 0) is 4.57 Å². The molecule has 1 aromatic carbocycles. The predicted octanol–water partition coefficient (Wildman–Crippen LogP) is 3.10. The van der Waals surface area contributed by atoms with Crippen molar-refractivity contribution in [1.29, 1.82) is 0 Å². The Bertz CT molecular complexity index is 699. The number of benzene rings is 1. The van der Waals surface area contributed by atoms with Gasteiger partial charge < -0.3 is 24.9 Å². The minimum atomic E-state index is -4.64. The average Bonchev–Trinajstić information content (AvgIpc) is 2.53. The lowest BCUT2D eigenvalue weighted by molar-refractivity contribution is 0.275. The summed E-state index contributed by atoms with van der Waals surface area (Å²) in [5.74, 6) is 0. The number of hydrogen-bond acceptors (Lipinski definition) is 4. The van der Waals surface area contributed by atoms with Gasteiger partial charge in [-0.1, -0.05) is 25.4 Å². The smallest absolute Gasteiger partial charge is 0.384 e. The van der Waals surface area contributed by atoms with Crippen molar-refractivity contribution >= 4 is 36.0 Å². The first-order valence-electron chi connectivity index (χ1n) is 8.03. The molecule has 1 aromatic heterocycles. The van der Waals surface area contributed by atoms with E-state index in [-0.39, 0.29) is 0 Å². The highest BCUT2D eigenvalue weighted by Crippen LogP contribution is 2.26. The van der Waals surface area contributed by atoms with E-state index in [9.17, 15) is 0 Å². The van der Waals surface area contributed by atoms with Crippen LogP contribution < -0.4 is 5.32 Å². The van der Waals surface area contributed by atoms with Gasteiger partial charge in [-0.3, -0.25) is 4.98 Å². The first-order valence-corrected chi connectivity index (χ1v) is 9.97. The largest absolute Gasteiger partial charge is 0.466 e. The third-order valence-electron chi connectivity index (χ3n) is 3.57. The predicted molar refractivity (Wildman–Crippen MR) is 102 cm³/mol. The second-order valence-corrected chi connectivity index (χ2v) is 6.80. The van der Waals surface area contributed by atoms with Crippen LogP contribution in [0.25, 0.3) is 10.9 Å². The lowest BCUT2D eigenvalue weighted by atomic mass is 10.2. The SMILES string of the molecule is CCN(CC)CCCNc1ccnc2cc(Cl)ccc12.O=P(O)(O)O. The summed E-state index contributed by atoms with van der Waals surface area (Å²) in [5.41, 5.74) is 2.07. The van der Waals surface area contributed by atoms with Crippen LogP contribution in [0.5, 0.6) is 0 Å². The van der Waals surface area contributed by atoms with Crippen molar-refractivity contribution in [3.63, 3.8) is 0 Å². The fraction of sp³-hybridized carbons (Fsp3) is 0.438. The van der Waals surface area contributed by atoms with Gasteiger partial charge in [0.25, 0.3) is 0 Å². The Balaban J connectivity index is 0.000000550. The van der Waals surface area contributed by atoms with Gasteiger partial charge in [0.05, 0.1) is 5.52 Å². The summed E-state index contributed by atoms with van der Waals surface area (Å²) in [4.78, 5) is 28.4. The molecule has 140 valence electrons. The second kappa shape index (κ2) is 10.7. The van der Waals surface area contributed by atoms with Crippen molar-refractivity contribution in [2.45, 2.75) is 20.3 Å². The highest BCUT2D eigenvalue weighted by molar-refractivity contribution is 7.45. The maximum atomic E-state index is 8.88. The zero-order chi connectivity index (χ0) is 18.9. The maximum Gasteiger partial charge on any atom is 0.466 e. The Morgan fingerprint density at radius 2 is 1.84 bits per heavy atom. The fourth-order valence-corrected chi connectivity index (χ4v) is 2.51. The summed E-state index contributed by atoms with van der Waals surface area (Å²) >= 11 is 6.00. The minimum absolute atomic E-state index is 0.726. The molecule has 0 spiro atoms. The molecule has 0 saturated heterocycles. The molecule has 0 amide bonds. The normalized spacial score (nSPS) is 11.3. The third-order valence-corrected chi connectivity index (χ3v) is 3.80. The topological polar surface area (TPSA) is 106 Å². The number of pyridine rings is 1. The average molecular weight is 390 g/mol. The summed E-state index contributed by atoms with van der Waals surface area (Å²) < 4.78 is 8.88. The van der Waals surface area contributed by atoms with Crippen LogP contribution in [0.15, 0.2) is 30.5 Å². The molecular formula is C16H25ClN3O4P. The third kappa shape index (κ3) is 9.16. The van der Waals surface area contributed by atoms with E-state index in [0.717, 1.165) is 54.2 Å². The molecule has 0 aliphatic rings. The lowest BCUT2D eigenvalue weighted by Crippen LogP contribution is -2.25. The molecule has 0 aliphatic heterocycles. The minimum Gasteiger partial charge on any atom is -0.384 e. The fourth-order valence-electron chi connectivity index (χ4n) is 2.34. The molecule has 0 aliphatic carbocycles. The number of hydrogen-bond donors (Lipinski definition) is 4. The van der Waals surface area contributed by atoms with Crippen LogP contribution in [0.3, 0.4) is 0 Å². The van der Waals surface area contributed by atoms with E-state index in [1.165, 1.54) is 0 Å². The number of fused-ring (bicyclic) bond motifs is 1. The highest BCUT2D eigenvalue weighted by Gasteiger charge is 2.03. The molecule has 2 rings (SSSR count). The maximum absolute atomic E-state index is 8.88. The summed E-state index contributed by atoms with van der Waals surface area (Å²) in [5, 5.41) is 5.35. The Kier molecular flexibility index (Phi) is 9.35. The van der Waals surface area contributed by atoms with E-state index in [2.05, 4.69) is 29.0 Å². The van der Waals surface area contributed by atoms with Gasteiger partial charge >= 0.3 is 7.82 Å². The molecule has 7 nitrogen and oxygen atoms in total. The second-order valence-electron chi connectivity index (χ2n) is 5.34. The van der Waals surface area contributed by atoms with Gasteiger partial charge in [0, 0.05) is 28.8 Å². The Morgan fingerprint density at radius 1 is 1.20 bits per heavy atom. The van der Waals surface area contributed by atoms with Crippen LogP contribution in [0.4, 0.5) is 5.69 Å². The molecule has 0 bridgehead atoms. The molecule has 0 radical (unpaired) electrons. The van der Waals surface area contributed by atoms with Crippen LogP contribution in [-0.4, -0.2) is 50.7 Å². The number of nitrogens with zero attached hydrogens (tertiary/aromatic N) is 2. The molecule has 4 N–H and O–H groups in total. The van der Waals surface area contributed by atoms with E-state index in [1.54, 1.807) is 0 Å². The van der Waals surface area contributed by atoms with Gasteiger partial charge in [-0.15, -0.1) is 0 Å². The molecule has 0 fully saturated rings. The number of anilines is 1. The van der Waals surface area contributed by atoms with Gasteiger partial charge in [-0.05, 0) is 50.3 Å². The van der Waals surface area contributed by atoms with Gasteiger partial charge in [-0.25, -0.2) is 4.57 Å². The van der Waals surface area contributed by atoms with Crippen LogP contribution in [0.2, 0.25) is 5.02 Å². The molecule has 0 atom stereocenters. The van der Waals surface area contributed by atoms with E-state index in [1.807, 2.05) is 30.5 Å². The van der Waals surface area contributed by atoms with Gasteiger partial charge in [0.2, 0.25) is 0 Å². The summed E-state index contributed by atoms with van der Waals surface area (Å²) in [6.45, 7) is 8.75. The number of aromatic nitrogens is 1. The van der Waals surface area contributed by atoms with Crippen molar-refractivity contribution in [3.8, 4) is 0 Å². The van der Waals surface area contributed by atoms with Crippen LogP contribution in [0.1, 0.15) is 20.3 Å². The molecule has 1 heterocycles.